The Hall–Kier alpha value is -0.370. The number of carbonyl (C=O) groups is 1. The molecule has 0 aliphatic heterocycles. The van der Waals surface area contributed by atoms with E-state index in [2.05, 4.69) is 13.8 Å². The minimum Gasteiger partial charge on any atom is -0.393 e. The summed E-state index contributed by atoms with van der Waals surface area (Å²) in [6.45, 7) is 6.70. The topological polar surface area (TPSA) is 37.3 Å². The van der Waals surface area contributed by atoms with E-state index in [1.165, 1.54) is 32.1 Å². The minimum atomic E-state index is -0.0438. The van der Waals surface area contributed by atoms with Gasteiger partial charge in [0.1, 0.15) is 5.78 Å². The van der Waals surface area contributed by atoms with Crippen LogP contribution in [0.3, 0.4) is 0 Å². The van der Waals surface area contributed by atoms with Crippen LogP contribution in [-0.2, 0) is 4.79 Å². The van der Waals surface area contributed by atoms with Gasteiger partial charge in [0.05, 0.1) is 6.10 Å². The van der Waals surface area contributed by atoms with Crippen LogP contribution in [0, 0.1) is 46.8 Å². The van der Waals surface area contributed by atoms with Crippen molar-refractivity contribution in [3.63, 3.8) is 0 Å². The summed E-state index contributed by atoms with van der Waals surface area (Å²) in [5, 5.41) is 10.1. The first-order valence-corrected chi connectivity index (χ1v) is 10.1. The third-order valence-corrected chi connectivity index (χ3v) is 8.84. The van der Waals surface area contributed by atoms with Gasteiger partial charge in [0.15, 0.2) is 0 Å². The lowest BCUT2D eigenvalue weighted by molar-refractivity contribution is -0.130. The number of hydrogen-bond donors (Lipinski definition) is 1. The molecule has 0 aromatic heterocycles. The molecule has 0 amide bonds. The first kappa shape index (κ1) is 16.1. The Morgan fingerprint density at radius 1 is 0.957 bits per heavy atom. The van der Waals surface area contributed by atoms with Gasteiger partial charge in [-0.3, -0.25) is 4.79 Å². The van der Waals surface area contributed by atoms with E-state index in [9.17, 15) is 9.90 Å². The van der Waals surface area contributed by atoms with Crippen molar-refractivity contribution >= 4 is 5.78 Å². The molecule has 4 aliphatic rings. The molecular formula is C21H34O2. The first-order chi connectivity index (χ1) is 10.9. The van der Waals surface area contributed by atoms with Crippen molar-refractivity contribution in [1.29, 1.82) is 0 Å². The van der Waals surface area contributed by atoms with Crippen LogP contribution in [-0.4, -0.2) is 17.0 Å². The fourth-order valence-electron chi connectivity index (χ4n) is 7.85. The van der Waals surface area contributed by atoms with Crippen LogP contribution in [0.2, 0.25) is 0 Å². The summed E-state index contributed by atoms with van der Waals surface area (Å²) in [6.07, 6.45) is 9.66. The summed E-state index contributed by atoms with van der Waals surface area (Å²) >= 11 is 0. The minimum absolute atomic E-state index is 0.0438. The standard InChI is InChI=1S/C21H34O2/c1-12-10-18-16(15-5-4-14(23)11-17(12)15)8-9-21(3)19(13(2)22)6-7-20(18)21/h12,14-20,23H,4-11H2,1-3H3. The molecule has 2 nitrogen and oxygen atoms in total. The second-order valence-electron chi connectivity index (χ2n) is 9.73. The number of aliphatic hydroxyl groups is 1. The number of fused-ring (bicyclic) bond motifs is 5. The number of carbonyl (C=O) groups excluding carboxylic acids is 1. The number of hydrogen-bond acceptors (Lipinski definition) is 2. The molecule has 0 heterocycles. The predicted molar refractivity (Wildman–Crippen MR) is 91.8 cm³/mol. The molecule has 4 rings (SSSR count). The zero-order valence-corrected chi connectivity index (χ0v) is 15.1. The number of ketones is 1. The SMILES string of the molecule is CC(=O)C1CCC2C3CC(C)C4CC(O)CCC4C3CCC12C. The Morgan fingerprint density at radius 2 is 1.70 bits per heavy atom. The van der Waals surface area contributed by atoms with Crippen LogP contribution < -0.4 is 0 Å². The zero-order valence-electron chi connectivity index (χ0n) is 15.1. The molecule has 1 N–H and O–H groups in total. The molecule has 9 unspecified atom stereocenters. The second-order valence-corrected chi connectivity index (χ2v) is 9.73. The van der Waals surface area contributed by atoms with Crippen molar-refractivity contribution in [2.24, 2.45) is 46.8 Å². The average molecular weight is 319 g/mol. The van der Waals surface area contributed by atoms with E-state index < -0.39 is 0 Å². The molecule has 0 aromatic rings. The van der Waals surface area contributed by atoms with Gasteiger partial charge in [0.25, 0.3) is 0 Å². The molecule has 4 fully saturated rings. The van der Waals surface area contributed by atoms with Gasteiger partial charge in [-0.1, -0.05) is 13.8 Å². The first-order valence-electron chi connectivity index (χ1n) is 10.1. The fourth-order valence-corrected chi connectivity index (χ4v) is 7.85. The maximum absolute atomic E-state index is 12.2. The molecule has 4 aliphatic carbocycles. The van der Waals surface area contributed by atoms with E-state index in [-0.39, 0.29) is 11.5 Å². The molecule has 0 saturated heterocycles. The Labute approximate surface area is 141 Å². The maximum atomic E-state index is 12.2. The summed E-state index contributed by atoms with van der Waals surface area (Å²) in [5.74, 6) is 5.66. The van der Waals surface area contributed by atoms with E-state index in [1.54, 1.807) is 0 Å². The third-order valence-electron chi connectivity index (χ3n) is 8.84. The van der Waals surface area contributed by atoms with Gasteiger partial charge in [-0.05, 0) is 99.2 Å². The highest BCUT2D eigenvalue weighted by atomic mass is 16.3. The average Bonchev–Trinajstić information content (AvgIpc) is 2.85. The Bertz CT molecular complexity index is 486. The van der Waals surface area contributed by atoms with Gasteiger partial charge in [0, 0.05) is 5.92 Å². The molecule has 9 atom stereocenters. The van der Waals surface area contributed by atoms with E-state index in [0.717, 1.165) is 54.8 Å². The molecule has 2 heteroatoms. The fraction of sp³-hybridized carbons (Fsp3) is 0.952. The lowest BCUT2D eigenvalue weighted by atomic mass is 9.48. The van der Waals surface area contributed by atoms with Gasteiger partial charge in [-0.25, -0.2) is 0 Å². The summed E-state index contributed by atoms with van der Waals surface area (Å²) in [4.78, 5) is 12.2. The summed E-state index contributed by atoms with van der Waals surface area (Å²) in [5.41, 5.74) is 0.285. The summed E-state index contributed by atoms with van der Waals surface area (Å²) < 4.78 is 0. The monoisotopic (exact) mass is 318 g/mol. The number of aliphatic hydroxyl groups excluding tert-OH is 1. The van der Waals surface area contributed by atoms with Crippen LogP contribution in [0.1, 0.15) is 72.1 Å². The van der Waals surface area contributed by atoms with E-state index in [0.29, 0.717) is 11.7 Å². The largest absolute Gasteiger partial charge is 0.393 e. The smallest absolute Gasteiger partial charge is 0.133 e. The summed E-state index contributed by atoms with van der Waals surface area (Å²) in [7, 11) is 0. The van der Waals surface area contributed by atoms with Crippen LogP contribution in [0.15, 0.2) is 0 Å². The highest BCUT2D eigenvalue weighted by Gasteiger charge is 2.58. The van der Waals surface area contributed by atoms with E-state index >= 15 is 0 Å². The molecule has 23 heavy (non-hydrogen) atoms. The van der Waals surface area contributed by atoms with Crippen molar-refractivity contribution in [1.82, 2.24) is 0 Å². The van der Waals surface area contributed by atoms with Crippen LogP contribution in [0.25, 0.3) is 0 Å². The molecule has 0 spiro atoms. The second kappa shape index (κ2) is 5.58. The highest BCUT2D eigenvalue weighted by Crippen LogP contribution is 2.65. The predicted octanol–water partition coefficient (Wildman–Crippen LogP) is 4.45. The van der Waals surface area contributed by atoms with Crippen molar-refractivity contribution in [3.8, 4) is 0 Å². The zero-order chi connectivity index (χ0) is 16.4. The molecule has 0 bridgehead atoms. The maximum Gasteiger partial charge on any atom is 0.133 e. The van der Waals surface area contributed by atoms with Gasteiger partial charge in [-0.15, -0.1) is 0 Å². The Morgan fingerprint density at radius 3 is 2.43 bits per heavy atom. The van der Waals surface area contributed by atoms with Gasteiger partial charge in [0.2, 0.25) is 0 Å². The molecule has 130 valence electrons. The molecular weight excluding hydrogens is 284 g/mol. The highest BCUT2D eigenvalue weighted by molar-refractivity contribution is 5.79. The van der Waals surface area contributed by atoms with Crippen molar-refractivity contribution in [3.05, 3.63) is 0 Å². The van der Waals surface area contributed by atoms with Crippen LogP contribution in [0.4, 0.5) is 0 Å². The summed E-state index contributed by atoms with van der Waals surface area (Å²) in [6, 6.07) is 0. The molecule has 4 saturated carbocycles. The quantitative estimate of drug-likeness (QED) is 0.775. The molecule has 0 radical (unpaired) electrons. The van der Waals surface area contributed by atoms with E-state index in [4.69, 9.17) is 0 Å². The lowest BCUT2D eigenvalue weighted by Gasteiger charge is -2.57. The van der Waals surface area contributed by atoms with Crippen LogP contribution >= 0.6 is 0 Å². The normalized spacial score (nSPS) is 55.7. The van der Waals surface area contributed by atoms with Crippen molar-refractivity contribution in [2.75, 3.05) is 0 Å². The van der Waals surface area contributed by atoms with E-state index in [1.807, 2.05) is 6.92 Å². The van der Waals surface area contributed by atoms with Gasteiger partial charge < -0.3 is 5.11 Å². The Kier molecular flexibility index (Phi) is 3.91. The third kappa shape index (κ3) is 2.34. The van der Waals surface area contributed by atoms with Crippen molar-refractivity contribution < 1.29 is 9.90 Å². The number of Topliss-reactive ketones (excluding diaryl/α,β-unsaturated/α-hetero) is 1. The van der Waals surface area contributed by atoms with Gasteiger partial charge >= 0.3 is 0 Å². The van der Waals surface area contributed by atoms with Crippen LogP contribution in [0.5, 0.6) is 0 Å². The Balaban J connectivity index is 1.60. The molecule has 0 aromatic carbocycles. The number of rotatable bonds is 1. The van der Waals surface area contributed by atoms with Crippen molar-refractivity contribution in [2.45, 2.75) is 78.2 Å². The lowest BCUT2D eigenvalue weighted by Crippen LogP contribution is -2.51. The van der Waals surface area contributed by atoms with Gasteiger partial charge in [-0.2, -0.15) is 0 Å².